The van der Waals surface area contributed by atoms with E-state index < -0.39 is 17.8 Å². The number of rotatable bonds is 3. The lowest BCUT2D eigenvalue weighted by Crippen LogP contribution is -2.40. The van der Waals surface area contributed by atoms with E-state index in [1.807, 2.05) is 0 Å². The van der Waals surface area contributed by atoms with Gasteiger partial charge in [-0.3, -0.25) is 4.79 Å². The molecule has 1 atom stereocenters. The summed E-state index contributed by atoms with van der Waals surface area (Å²) in [5, 5.41) is 13.3. The van der Waals surface area contributed by atoms with Crippen molar-refractivity contribution in [3.63, 3.8) is 0 Å². The molecule has 0 aliphatic carbocycles. The smallest absolute Gasteiger partial charge is 0.326 e. The second-order valence-corrected chi connectivity index (χ2v) is 5.50. The third-order valence-corrected chi connectivity index (χ3v) is 4.12. The van der Waals surface area contributed by atoms with Gasteiger partial charge in [0.25, 0.3) is 5.91 Å². The fraction of sp³-hybridized carbons (Fsp3) is 0.312. The number of nitrogens with zero attached hydrogens (tertiary/aromatic N) is 3. The first-order chi connectivity index (χ1) is 11.0. The molecule has 1 aliphatic heterocycles. The third kappa shape index (κ3) is 2.58. The van der Waals surface area contributed by atoms with Gasteiger partial charge in [0.2, 0.25) is 0 Å². The van der Waals surface area contributed by atoms with Gasteiger partial charge in [0.05, 0.1) is 17.5 Å². The van der Waals surface area contributed by atoms with Crippen LogP contribution in [0.1, 0.15) is 28.9 Å². The van der Waals surface area contributed by atoms with Crippen molar-refractivity contribution < 1.29 is 19.1 Å². The van der Waals surface area contributed by atoms with Crippen molar-refractivity contribution >= 4 is 11.9 Å². The molecule has 2 heterocycles. The van der Waals surface area contributed by atoms with E-state index in [4.69, 9.17) is 0 Å². The highest BCUT2D eigenvalue weighted by atomic mass is 19.1. The maximum atomic E-state index is 13.9. The van der Waals surface area contributed by atoms with Gasteiger partial charge in [0.15, 0.2) is 0 Å². The maximum absolute atomic E-state index is 13.9. The number of halogens is 1. The number of benzene rings is 1. The SMILES string of the molecule is Cc1c(C(=O)N2CCCC2C(=O)O)cnn1-c1ccccc1F. The molecule has 1 aliphatic rings. The first-order valence-electron chi connectivity index (χ1n) is 7.34. The van der Waals surface area contributed by atoms with E-state index in [2.05, 4.69) is 5.10 Å². The van der Waals surface area contributed by atoms with Gasteiger partial charge in [-0.15, -0.1) is 0 Å². The highest BCUT2D eigenvalue weighted by molar-refractivity contribution is 5.97. The molecule has 1 amide bonds. The quantitative estimate of drug-likeness (QED) is 0.939. The summed E-state index contributed by atoms with van der Waals surface area (Å²) < 4.78 is 15.3. The van der Waals surface area contributed by atoms with Crippen LogP contribution in [0.25, 0.3) is 5.69 Å². The number of aliphatic carboxylic acids is 1. The van der Waals surface area contributed by atoms with E-state index in [-0.39, 0.29) is 11.6 Å². The lowest BCUT2D eigenvalue weighted by atomic mass is 10.2. The van der Waals surface area contributed by atoms with Crippen molar-refractivity contribution in [3.05, 3.63) is 47.5 Å². The van der Waals surface area contributed by atoms with Crippen LogP contribution in [0.4, 0.5) is 4.39 Å². The van der Waals surface area contributed by atoms with Crippen LogP contribution in [-0.4, -0.2) is 44.3 Å². The van der Waals surface area contributed by atoms with Crippen molar-refractivity contribution in [3.8, 4) is 5.69 Å². The van der Waals surface area contributed by atoms with Crippen LogP contribution in [0.15, 0.2) is 30.5 Å². The molecule has 2 aromatic rings. The normalized spacial score (nSPS) is 17.5. The Labute approximate surface area is 132 Å². The minimum Gasteiger partial charge on any atom is -0.480 e. The summed E-state index contributed by atoms with van der Waals surface area (Å²) in [4.78, 5) is 25.2. The molecule has 0 spiro atoms. The van der Waals surface area contributed by atoms with Gasteiger partial charge >= 0.3 is 5.97 Å². The molecule has 0 bridgehead atoms. The molecule has 1 N–H and O–H groups in total. The van der Waals surface area contributed by atoms with Crippen molar-refractivity contribution in [2.24, 2.45) is 0 Å². The Balaban J connectivity index is 1.95. The Morgan fingerprint density at radius 3 is 2.78 bits per heavy atom. The summed E-state index contributed by atoms with van der Waals surface area (Å²) >= 11 is 0. The van der Waals surface area contributed by atoms with Gasteiger partial charge in [0.1, 0.15) is 17.5 Å². The first-order valence-corrected chi connectivity index (χ1v) is 7.34. The molecule has 23 heavy (non-hydrogen) atoms. The zero-order valence-corrected chi connectivity index (χ0v) is 12.6. The van der Waals surface area contributed by atoms with Crippen LogP contribution in [0.3, 0.4) is 0 Å². The minimum atomic E-state index is -1.00. The second kappa shape index (κ2) is 5.83. The van der Waals surface area contributed by atoms with Gasteiger partial charge < -0.3 is 10.0 Å². The summed E-state index contributed by atoms with van der Waals surface area (Å²) in [6, 6.07) is 5.34. The van der Waals surface area contributed by atoms with Gasteiger partial charge in [-0.1, -0.05) is 12.1 Å². The van der Waals surface area contributed by atoms with Crippen LogP contribution in [0, 0.1) is 12.7 Å². The number of carbonyl (C=O) groups is 2. The van der Waals surface area contributed by atoms with Crippen LogP contribution in [0.2, 0.25) is 0 Å². The Morgan fingerprint density at radius 1 is 1.35 bits per heavy atom. The van der Waals surface area contributed by atoms with Gasteiger partial charge in [0, 0.05) is 6.54 Å². The van der Waals surface area contributed by atoms with Crippen molar-refractivity contribution in [2.45, 2.75) is 25.8 Å². The number of hydrogen-bond acceptors (Lipinski definition) is 3. The van der Waals surface area contributed by atoms with E-state index in [0.717, 1.165) is 0 Å². The number of aromatic nitrogens is 2. The van der Waals surface area contributed by atoms with Crippen molar-refractivity contribution in [1.29, 1.82) is 0 Å². The number of hydrogen-bond donors (Lipinski definition) is 1. The highest BCUT2D eigenvalue weighted by Crippen LogP contribution is 2.23. The zero-order chi connectivity index (χ0) is 16.6. The summed E-state index contributed by atoms with van der Waals surface area (Å²) in [7, 11) is 0. The maximum Gasteiger partial charge on any atom is 0.326 e. The zero-order valence-electron chi connectivity index (χ0n) is 12.6. The standard InChI is InChI=1S/C16H16FN3O3/c1-10-11(15(21)19-8-4-7-14(19)16(22)23)9-18-20(10)13-6-3-2-5-12(13)17/h2-3,5-6,9,14H,4,7-8H2,1H3,(H,22,23). The number of likely N-dealkylation sites (tertiary alicyclic amines) is 1. The molecule has 0 saturated carbocycles. The summed E-state index contributed by atoms with van der Waals surface area (Å²) in [6.07, 6.45) is 2.46. The molecule has 1 aromatic heterocycles. The largest absolute Gasteiger partial charge is 0.480 e. The Bertz CT molecular complexity index is 772. The molecule has 7 heteroatoms. The lowest BCUT2D eigenvalue weighted by molar-refractivity contribution is -0.141. The summed E-state index contributed by atoms with van der Waals surface area (Å²) in [5.74, 6) is -1.83. The molecule has 1 unspecified atom stereocenters. The van der Waals surface area contributed by atoms with Crippen LogP contribution >= 0.6 is 0 Å². The molecule has 0 radical (unpaired) electrons. The van der Waals surface area contributed by atoms with E-state index in [0.29, 0.717) is 30.6 Å². The van der Waals surface area contributed by atoms with Gasteiger partial charge in [-0.25, -0.2) is 13.9 Å². The number of carboxylic acid groups (broad SMARTS) is 1. The molecule has 1 saturated heterocycles. The third-order valence-electron chi connectivity index (χ3n) is 4.12. The number of carbonyl (C=O) groups excluding carboxylic acids is 1. The molecule has 3 rings (SSSR count). The highest BCUT2D eigenvalue weighted by Gasteiger charge is 2.35. The average molecular weight is 317 g/mol. The summed E-state index contributed by atoms with van der Waals surface area (Å²) in [6.45, 7) is 2.07. The van der Waals surface area contributed by atoms with Gasteiger partial charge in [-0.2, -0.15) is 5.10 Å². The van der Waals surface area contributed by atoms with E-state index in [1.54, 1.807) is 25.1 Å². The van der Waals surface area contributed by atoms with Crippen LogP contribution in [0.5, 0.6) is 0 Å². The molecule has 1 aromatic carbocycles. The second-order valence-electron chi connectivity index (χ2n) is 5.50. The number of para-hydroxylation sites is 1. The number of amides is 1. The Hall–Kier alpha value is -2.70. The fourth-order valence-electron chi connectivity index (χ4n) is 2.91. The fourth-order valence-corrected chi connectivity index (χ4v) is 2.91. The predicted molar refractivity (Wildman–Crippen MR) is 80.0 cm³/mol. The Morgan fingerprint density at radius 2 is 2.09 bits per heavy atom. The summed E-state index contributed by atoms with van der Waals surface area (Å²) in [5.41, 5.74) is 1.03. The van der Waals surface area contributed by atoms with E-state index in [1.165, 1.54) is 21.8 Å². The van der Waals surface area contributed by atoms with E-state index >= 15 is 0 Å². The first kappa shape index (κ1) is 15.2. The molecule has 1 fully saturated rings. The van der Waals surface area contributed by atoms with Crippen molar-refractivity contribution in [2.75, 3.05) is 6.54 Å². The molecular weight excluding hydrogens is 301 g/mol. The van der Waals surface area contributed by atoms with E-state index in [9.17, 15) is 19.1 Å². The van der Waals surface area contributed by atoms with Crippen LogP contribution in [-0.2, 0) is 4.79 Å². The van der Waals surface area contributed by atoms with Crippen molar-refractivity contribution in [1.82, 2.24) is 14.7 Å². The monoisotopic (exact) mass is 317 g/mol. The lowest BCUT2D eigenvalue weighted by Gasteiger charge is -2.21. The molecule has 120 valence electrons. The predicted octanol–water partition coefficient (Wildman–Crippen LogP) is 2.01. The Kier molecular flexibility index (Phi) is 3.85. The molecule has 6 nitrogen and oxygen atoms in total. The molecular formula is C16H16FN3O3. The number of carboxylic acids is 1. The van der Waals surface area contributed by atoms with Crippen LogP contribution < -0.4 is 0 Å². The minimum absolute atomic E-state index is 0.250. The topological polar surface area (TPSA) is 75.4 Å². The van der Waals surface area contributed by atoms with Gasteiger partial charge in [-0.05, 0) is 31.9 Å². The average Bonchev–Trinajstić information content (AvgIpc) is 3.14.